The van der Waals surface area contributed by atoms with Gasteiger partial charge in [0, 0.05) is 12.6 Å². The van der Waals surface area contributed by atoms with E-state index in [0.29, 0.717) is 18.8 Å². The highest BCUT2D eigenvalue weighted by atomic mass is 19.1. The van der Waals surface area contributed by atoms with Gasteiger partial charge in [0.1, 0.15) is 6.61 Å². The van der Waals surface area contributed by atoms with E-state index >= 15 is 0 Å². The number of benzene rings is 1. The number of nitrogens with two attached hydrogens (primary N) is 1. The highest BCUT2D eigenvalue weighted by Crippen LogP contribution is 2.19. The van der Waals surface area contributed by atoms with Crippen LogP contribution in [0.15, 0.2) is 18.2 Å². The SMILES string of the molecule is CCC(N)Cc1ccc(OCCN(CC)CC)c(F)c1. The van der Waals surface area contributed by atoms with Crippen LogP contribution in [0.4, 0.5) is 4.39 Å². The Labute approximate surface area is 121 Å². The van der Waals surface area contributed by atoms with Crippen LogP contribution >= 0.6 is 0 Å². The summed E-state index contributed by atoms with van der Waals surface area (Å²) in [6.45, 7) is 9.53. The van der Waals surface area contributed by atoms with E-state index in [1.54, 1.807) is 6.07 Å². The van der Waals surface area contributed by atoms with Crippen LogP contribution in [-0.4, -0.2) is 37.2 Å². The lowest BCUT2D eigenvalue weighted by Crippen LogP contribution is -2.28. The van der Waals surface area contributed by atoms with Gasteiger partial charge in [-0.3, -0.25) is 0 Å². The van der Waals surface area contributed by atoms with E-state index in [1.807, 2.05) is 13.0 Å². The molecule has 0 aliphatic rings. The summed E-state index contributed by atoms with van der Waals surface area (Å²) in [7, 11) is 0. The van der Waals surface area contributed by atoms with E-state index in [9.17, 15) is 4.39 Å². The summed E-state index contributed by atoms with van der Waals surface area (Å²) in [5.41, 5.74) is 6.80. The van der Waals surface area contributed by atoms with E-state index in [2.05, 4.69) is 18.7 Å². The van der Waals surface area contributed by atoms with Gasteiger partial charge in [0.2, 0.25) is 0 Å². The van der Waals surface area contributed by atoms with Crippen molar-refractivity contribution in [3.8, 4) is 5.75 Å². The van der Waals surface area contributed by atoms with Crippen LogP contribution in [0.1, 0.15) is 32.8 Å². The summed E-state index contributed by atoms with van der Waals surface area (Å²) in [4.78, 5) is 2.24. The second-order valence-corrected chi connectivity index (χ2v) is 5.01. The molecular formula is C16H27FN2O. The normalized spacial score (nSPS) is 12.7. The van der Waals surface area contributed by atoms with Gasteiger partial charge in [0.25, 0.3) is 0 Å². The molecule has 0 heterocycles. The summed E-state index contributed by atoms with van der Waals surface area (Å²) < 4.78 is 19.4. The van der Waals surface area contributed by atoms with Crippen molar-refractivity contribution in [1.82, 2.24) is 4.90 Å². The Bertz CT molecular complexity index is 394. The first-order valence-electron chi connectivity index (χ1n) is 7.49. The number of rotatable bonds is 9. The Balaban J connectivity index is 2.51. The van der Waals surface area contributed by atoms with Crippen LogP contribution in [0, 0.1) is 5.82 Å². The van der Waals surface area contributed by atoms with Crippen molar-refractivity contribution in [2.45, 2.75) is 39.7 Å². The molecule has 3 nitrogen and oxygen atoms in total. The zero-order valence-corrected chi connectivity index (χ0v) is 12.9. The van der Waals surface area contributed by atoms with Crippen molar-refractivity contribution in [3.05, 3.63) is 29.6 Å². The fourth-order valence-corrected chi connectivity index (χ4v) is 2.06. The molecule has 1 unspecified atom stereocenters. The molecule has 0 amide bonds. The number of ether oxygens (including phenoxy) is 1. The van der Waals surface area contributed by atoms with E-state index in [1.165, 1.54) is 6.07 Å². The molecule has 0 aliphatic heterocycles. The molecule has 0 fully saturated rings. The van der Waals surface area contributed by atoms with Gasteiger partial charge >= 0.3 is 0 Å². The largest absolute Gasteiger partial charge is 0.489 e. The van der Waals surface area contributed by atoms with Crippen molar-refractivity contribution in [3.63, 3.8) is 0 Å². The van der Waals surface area contributed by atoms with Crippen LogP contribution in [0.5, 0.6) is 5.75 Å². The van der Waals surface area contributed by atoms with Crippen LogP contribution in [0.3, 0.4) is 0 Å². The Morgan fingerprint density at radius 3 is 2.50 bits per heavy atom. The van der Waals surface area contributed by atoms with Crippen LogP contribution in [0.2, 0.25) is 0 Å². The van der Waals surface area contributed by atoms with E-state index in [0.717, 1.165) is 31.6 Å². The number of nitrogens with zero attached hydrogens (tertiary/aromatic N) is 1. The molecule has 0 bridgehead atoms. The maximum absolute atomic E-state index is 13.9. The molecule has 0 saturated carbocycles. The lowest BCUT2D eigenvalue weighted by atomic mass is 10.0. The zero-order chi connectivity index (χ0) is 15.0. The van der Waals surface area contributed by atoms with Gasteiger partial charge in [0.15, 0.2) is 11.6 Å². The van der Waals surface area contributed by atoms with Gasteiger partial charge < -0.3 is 15.4 Å². The highest BCUT2D eigenvalue weighted by Gasteiger charge is 2.08. The fraction of sp³-hybridized carbons (Fsp3) is 0.625. The van der Waals surface area contributed by atoms with Crippen LogP contribution in [0.25, 0.3) is 0 Å². The van der Waals surface area contributed by atoms with Crippen molar-refractivity contribution in [2.24, 2.45) is 5.73 Å². The lowest BCUT2D eigenvalue weighted by molar-refractivity contribution is 0.217. The minimum Gasteiger partial charge on any atom is -0.489 e. The molecule has 1 aromatic rings. The summed E-state index contributed by atoms with van der Waals surface area (Å²) >= 11 is 0. The zero-order valence-electron chi connectivity index (χ0n) is 12.9. The van der Waals surface area contributed by atoms with Gasteiger partial charge in [-0.15, -0.1) is 0 Å². The summed E-state index contributed by atoms with van der Waals surface area (Å²) in [5, 5.41) is 0. The monoisotopic (exact) mass is 282 g/mol. The third kappa shape index (κ3) is 5.47. The maximum atomic E-state index is 13.9. The predicted molar refractivity (Wildman–Crippen MR) is 81.7 cm³/mol. The molecule has 0 spiro atoms. The Morgan fingerprint density at radius 2 is 1.95 bits per heavy atom. The molecule has 1 aromatic carbocycles. The van der Waals surface area contributed by atoms with Gasteiger partial charge in [-0.25, -0.2) is 4.39 Å². The number of likely N-dealkylation sites (N-methyl/N-ethyl adjacent to an activating group) is 1. The third-order valence-corrected chi connectivity index (χ3v) is 3.58. The molecule has 0 saturated heterocycles. The average molecular weight is 282 g/mol. The van der Waals surface area contributed by atoms with Crippen molar-refractivity contribution in [2.75, 3.05) is 26.2 Å². The third-order valence-electron chi connectivity index (χ3n) is 3.58. The molecule has 20 heavy (non-hydrogen) atoms. The molecule has 1 rings (SSSR count). The molecule has 0 radical (unpaired) electrons. The number of hydrogen-bond acceptors (Lipinski definition) is 3. The van der Waals surface area contributed by atoms with Gasteiger partial charge in [-0.1, -0.05) is 26.8 Å². The van der Waals surface area contributed by atoms with Crippen molar-refractivity contribution in [1.29, 1.82) is 0 Å². The maximum Gasteiger partial charge on any atom is 0.165 e. The predicted octanol–water partition coefficient (Wildman–Crippen LogP) is 2.83. The Morgan fingerprint density at radius 1 is 1.25 bits per heavy atom. The minimum absolute atomic E-state index is 0.0869. The highest BCUT2D eigenvalue weighted by molar-refractivity contribution is 5.29. The second-order valence-electron chi connectivity index (χ2n) is 5.01. The first kappa shape index (κ1) is 16.9. The molecule has 4 heteroatoms. The summed E-state index contributed by atoms with van der Waals surface area (Å²) in [6, 6.07) is 5.21. The number of hydrogen-bond donors (Lipinski definition) is 1. The van der Waals surface area contributed by atoms with E-state index in [-0.39, 0.29) is 11.9 Å². The quantitative estimate of drug-likeness (QED) is 0.757. The van der Waals surface area contributed by atoms with Crippen molar-refractivity contribution >= 4 is 0 Å². The lowest BCUT2D eigenvalue weighted by Gasteiger charge is -2.18. The second kappa shape index (κ2) is 8.93. The minimum atomic E-state index is -0.301. The van der Waals surface area contributed by atoms with Gasteiger partial charge in [-0.05, 0) is 43.6 Å². The van der Waals surface area contributed by atoms with Crippen LogP contribution in [-0.2, 0) is 6.42 Å². The molecule has 114 valence electrons. The fourth-order valence-electron chi connectivity index (χ4n) is 2.06. The summed E-state index contributed by atoms with van der Waals surface area (Å²) in [5.74, 6) is 0.0244. The molecular weight excluding hydrogens is 255 g/mol. The Kier molecular flexibility index (Phi) is 7.55. The number of halogens is 1. The molecule has 1 atom stereocenters. The first-order valence-corrected chi connectivity index (χ1v) is 7.49. The Hall–Kier alpha value is -1.13. The average Bonchev–Trinajstić information content (AvgIpc) is 2.45. The molecule has 0 aromatic heterocycles. The van der Waals surface area contributed by atoms with Crippen molar-refractivity contribution < 1.29 is 9.13 Å². The van der Waals surface area contributed by atoms with Gasteiger partial charge in [-0.2, -0.15) is 0 Å². The summed E-state index contributed by atoms with van der Waals surface area (Å²) in [6.07, 6.45) is 1.59. The van der Waals surface area contributed by atoms with Gasteiger partial charge in [0.05, 0.1) is 0 Å². The molecule has 0 aliphatic carbocycles. The molecule has 2 N–H and O–H groups in total. The topological polar surface area (TPSA) is 38.5 Å². The standard InChI is InChI=1S/C16H27FN2O/c1-4-14(18)11-13-7-8-16(15(17)12-13)20-10-9-19(5-2)6-3/h7-8,12,14H,4-6,9-11,18H2,1-3H3. The smallest absolute Gasteiger partial charge is 0.165 e. The van der Waals surface area contributed by atoms with Crippen LogP contribution < -0.4 is 10.5 Å². The van der Waals surface area contributed by atoms with E-state index in [4.69, 9.17) is 10.5 Å². The van der Waals surface area contributed by atoms with E-state index < -0.39 is 0 Å². The first-order chi connectivity index (χ1) is 9.60.